The van der Waals surface area contributed by atoms with Gasteiger partial charge in [-0.2, -0.15) is 13.2 Å². The molecule has 2 aliphatic rings. The Morgan fingerprint density at radius 1 is 1.29 bits per heavy atom. The minimum absolute atomic E-state index is 0.0872. The van der Waals surface area contributed by atoms with Crippen molar-refractivity contribution in [3.63, 3.8) is 0 Å². The molecule has 5 rings (SSSR count). The molecule has 0 bridgehead atoms. The first kappa shape index (κ1) is 22.0. The van der Waals surface area contributed by atoms with Crippen LogP contribution in [0.5, 0.6) is 0 Å². The van der Waals surface area contributed by atoms with Crippen molar-refractivity contribution in [1.82, 2.24) is 19.4 Å². The molecule has 1 N–H and O–H groups in total. The minimum atomic E-state index is -4.66. The van der Waals surface area contributed by atoms with Crippen LogP contribution in [0.1, 0.15) is 16.1 Å². The number of benzene rings is 1. The maximum Gasteiger partial charge on any atom is 0.416 e. The molecule has 14 heteroatoms. The van der Waals surface area contributed by atoms with Crippen LogP contribution < -0.4 is 10.2 Å². The predicted octanol–water partition coefficient (Wildman–Crippen LogP) is 3.06. The summed E-state index contributed by atoms with van der Waals surface area (Å²) in [5.74, 6) is -0.980. The van der Waals surface area contributed by atoms with Crippen molar-refractivity contribution in [3.8, 4) is 11.3 Å². The molecule has 0 atom stereocenters. The van der Waals surface area contributed by atoms with E-state index in [4.69, 9.17) is 0 Å². The fourth-order valence-electron chi connectivity index (χ4n) is 3.75. The van der Waals surface area contributed by atoms with Gasteiger partial charge in [-0.15, -0.1) is 11.3 Å². The summed E-state index contributed by atoms with van der Waals surface area (Å²) in [5, 5.41) is 4.11. The summed E-state index contributed by atoms with van der Waals surface area (Å²) in [6.07, 6.45) is -3.27. The van der Waals surface area contributed by atoms with Gasteiger partial charge in [-0.05, 0) is 18.2 Å². The molecule has 0 unspecified atom stereocenters. The van der Waals surface area contributed by atoms with Crippen LogP contribution >= 0.6 is 11.3 Å². The molecule has 0 aliphatic carbocycles. The van der Waals surface area contributed by atoms with Gasteiger partial charge in [-0.1, -0.05) is 0 Å². The van der Waals surface area contributed by atoms with Crippen LogP contribution in [-0.2, 0) is 17.5 Å². The lowest BCUT2D eigenvalue weighted by molar-refractivity contribution is -0.137. The number of halogens is 4. The molecular formula is C20H15F4N7O2S. The number of carbonyl (C=O) groups is 2. The molecule has 2 aromatic heterocycles. The summed E-state index contributed by atoms with van der Waals surface area (Å²) in [6, 6.07) is 2.16. The SMILES string of the molecule is CN1C(=O)c2c(ncn2CC(=O)Nc2nc(-c3ccc(C(F)(F)F)cc3F)cs2)N2CCN=C12. The van der Waals surface area contributed by atoms with E-state index in [1.807, 2.05) is 0 Å². The number of aromatic nitrogens is 3. The third kappa shape index (κ3) is 3.69. The summed E-state index contributed by atoms with van der Waals surface area (Å²) >= 11 is 0.990. The Hall–Kier alpha value is -3.81. The molecule has 2 aliphatic heterocycles. The molecule has 0 radical (unpaired) electrons. The first-order valence-electron chi connectivity index (χ1n) is 9.91. The average Bonchev–Trinajstić information content (AvgIpc) is 3.51. The Balaban J connectivity index is 1.31. The monoisotopic (exact) mass is 493 g/mol. The Morgan fingerprint density at radius 3 is 2.82 bits per heavy atom. The normalized spacial score (nSPS) is 15.3. The van der Waals surface area contributed by atoms with Crippen molar-refractivity contribution in [2.45, 2.75) is 12.7 Å². The maximum absolute atomic E-state index is 14.2. The van der Waals surface area contributed by atoms with Gasteiger partial charge < -0.3 is 9.88 Å². The number of hydrogen-bond acceptors (Lipinski definition) is 7. The lowest BCUT2D eigenvalue weighted by Gasteiger charge is -2.30. The topological polar surface area (TPSA) is 95.7 Å². The Kier molecular flexibility index (Phi) is 5.11. The summed E-state index contributed by atoms with van der Waals surface area (Å²) in [7, 11) is 1.59. The highest BCUT2D eigenvalue weighted by Gasteiger charge is 2.39. The van der Waals surface area contributed by atoms with Gasteiger partial charge in [-0.3, -0.25) is 24.4 Å². The lowest BCUT2D eigenvalue weighted by atomic mass is 10.1. The zero-order valence-corrected chi connectivity index (χ0v) is 18.2. The molecule has 0 spiro atoms. The summed E-state index contributed by atoms with van der Waals surface area (Å²) in [5.41, 5.74) is -0.881. The fourth-order valence-corrected chi connectivity index (χ4v) is 4.47. The van der Waals surface area contributed by atoms with E-state index in [-0.39, 0.29) is 34.5 Å². The molecule has 2 amide bonds. The van der Waals surface area contributed by atoms with E-state index in [0.717, 1.165) is 23.5 Å². The zero-order chi connectivity index (χ0) is 24.2. The smallest absolute Gasteiger partial charge is 0.315 e. The molecule has 0 saturated heterocycles. The second-order valence-corrected chi connectivity index (χ2v) is 8.38. The Morgan fingerprint density at radius 2 is 2.09 bits per heavy atom. The number of nitrogens with zero attached hydrogens (tertiary/aromatic N) is 6. The molecule has 0 saturated carbocycles. The van der Waals surface area contributed by atoms with Crippen molar-refractivity contribution >= 4 is 40.1 Å². The second kappa shape index (κ2) is 7.90. The van der Waals surface area contributed by atoms with E-state index in [1.165, 1.54) is 21.2 Å². The number of anilines is 2. The molecule has 176 valence electrons. The number of amides is 2. The summed E-state index contributed by atoms with van der Waals surface area (Å²) in [4.78, 5) is 41.2. The zero-order valence-electron chi connectivity index (χ0n) is 17.4. The standard InChI is InChI=1S/C20H15F4N7O2S/c1-29-17(33)15-16(31-5-4-25-19(29)31)26-9-30(15)7-14(32)28-18-27-13(8-34-18)11-3-2-10(6-12(11)21)20(22,23)24/h2-3,6,8-9H,4-5,7H2,1H3,(H,27,28,32). The van der Waals surface area contributed by atoms with E-state index in [0.29, 0.717) is 30.9 Å². The van der Waals surface area contributed by atoms with E-state index in [2.05, 4.69) is 20.3 Å². The molecule has 4 heterocycles. The summed E-state index contributed by atoms with van der Waals surface area (Å²) < 4.78 is 53.9. The number of carbonyl (C=O) groups excluding carboxylic acids is 2. The third-order valence-corrected chi connectivity index (χ3v) is 6.09. The van der Waals surface area contributed by atoms with Crippen LogP contribution in [0.25, 0.3) is 11.3 Å². The van der Waals surface area contributed by atoms with Gasteiger partial charge in [0.05, 0.1) is 24.1 Å². The number of aliphatic imine (C=N–C) groups is 1. The van der Waals surface area contributed by atoms with E-state index in [1.54, 1.807) is 11.9 Å². The number of imidazole rings is 1. The summed E-state index contributed by atoms with van der Waals surface area (Å²) in [6.45, 7) is 0.878. The minimum Gasteiger partial charge on any atom is -0.315 e. The predicted molar refractivity (Wildman–Crippen MR) is 115 cm³/mol. The number of fused-ring (bicyclic) bond motifs is 3. The molecular weight excluding hydrogens is 478 g/mol. The van der Waals surface area contributed by atoms with Crippen LogP contribution in [0.4, 0.5) is 28.5 Å². The van der Waals surface area contributed by atoms with Gasteiger partial charge in [0, 0.05) is 24.5 Å². The number of hydrogen-bond donors (Lipinski definition) is 1. The number of thiazole rings is 1. The largest absolute Gasteiger partial charge is 0.416 e. The lowest BCUT2D eigenvalue weighted by Crippen LogP contribution is -2.48. The highest BCUT2D eigenvalue weighted by molar-refractivity contribution is 7.14. The molecule has 3 aromatic rings. The molecule has 1 aromatic carbocycles. The van der Waals surface area contributed by atoms with Gasteiger partial charge in [-0.25, -0.2) is 14.4 Å². The fraction of sp³-hybridized carbons (Fsp3) is 0.250. The van der Waals surface area contributed by atoms with Gasteiger partial charge >= 0.3 is 6.18 Å². The van der Waals surface area contributed by atoms with Gasteiger partial charge in [0.2, 0.25) is 11.9 Å². The van der Waals surface area contributed by atoms with E-state index in [9.17, 15) is 27.2 Å². The first-order valence-corrected chi connectivity index (χ1v) is 10.8. The van der Waals surface area contributed by atoms with Crippen LogP contribution in [0.2, 0.25) is 0 Å². The van der Waals surface area contributed by atoms with Crippen LogP contribution in [-0.4, -0.2) is 57.3 Å². The van der Waals surface area contributed by atoms with Crippen molar-refractivity contribution in [1.29, 1.82) is 0 Å². The van der Waals surface area contributed by atoms with Crippen molar-refractivity contribution in [2.24, 2.45) is 4.99 Å². The van der Waals surface area contributed by atoms with Crippen LogP contribution in [0.3, 0.4) is 0 Å². The molecule has 34 heavy (non-hydrogen) atoms. The van der Waals surface area contributed by atoms with E-state index < -0.39 is 23.5 Å². The van der Waals surface area contributed by atoms with Crippen molar-refractivity contribution < 1.29 is 27.2 Å². The maximum atomic E-state index is 14.2. The first-order chi connectivity index (χ1) is 16.1. The quantitative estimate of drug-likeness (QED) is 0.564. The number of alkyl halides is 3. The Bertz CT molecular complexity index is 1350. The average molecular weight is 493 g/mol. The van der Waals surface area contributed by atoms with Gasteiger partial charge in [0.25, 0.3) is 5.91 Å². The number of guanidine groups is 1. The second-order valence-electron chi connectivity index (χ2n) is 7.52. The van der Waals surface area contributed by atoms with E-state index >= 15 is 0 Å². The molecule has 9 nitrogen and oxygen atoms in total. The van der Waals surface area contributed by atoms with Gasteiger partial charge in [0.1, 0.15) is 12.4 Å². The highest BCUT2D eigenvalue weighted by Crippen LogP contribution is 2.34. The van der Waals surface area contributed by atoms with Crippen LogP contribution in [0.15, 0.2) is 34.9 Å². The highest BCUT2D eigenvalue weighted by atomic mass is 32.1. The number of nitrogens with one attached hydrogen (secondary N) is 1. The third-order valence-electron chi connectivity index (χ3n) is 5.34. The van der Waals surface area contributed by atoms with Crippen molar-refractivity contribution in [2.75, 3.05) is 30.4 Å². The van der Waals surface area contributed by atoms with Crippen LogP contribution in [0, 0.1) is 5.82 Å². The number of rotatable bonds is 4. The van der Waals surface area contributed by atoms with Gasteiger partial charge in [0.15, 0.2) is 16.6 Å². The Labute approximate surface area is 193 Å². The van der Waals surface area contributed by atoms with Crippen molar-refractivity contribution in [3.05, 3.63) is 47.0 Å². The molecule has 0 fully saturated rings.